The summed E-state index contributed by atoms with van der Waals surface area (Å²) in [5.74, 6) is -0.156. The van der Waals surface area contributed by atoms with Crippen molar-refractivity contribution in [2.75, 3.05) is 5.32 Å². The third-order valence-corrected chi connectivity index (χ3v) is 2.71. The van der Waals surface area contributed by atoms with Crippen LogP contribution in [0.1, 0.15) is 11.1 Å². The monoisotopic (exact) mass is 287 g/mol. The van der Waals surface area contributed by atoms with Gasteiger partial charge in [0, 0.05) is 12.1 Å². The number of aromatic nitrogens is 1. The minimum atomic E-state index is -0.156. The number of hydrogen-bond donors (Lipinski definition) is 1. The second-order valence-electron chi connectivity index (χ2n) is 4.25. The SMILES string of the molecule is Cc1cc[n+](CC(=O)Nc2ccccc2C#N)cc1.[Cl-]. The highest BCUT2D eigenvalue weighted by Crippen LogP contribution is 2.12. The molecule has 0 radical (unpaired) electrons. The fourth-order valence-corrected chi connectivity index (χ4v) is 1.68. The van der Waals surface area contributed by atoms with Gasteiger partial charge in [0.1, 0.15) is 6.07 Å². The summed E-state index contributed by atoms with van der Waals surface area (Å²) in [6.07, 6.45) is 3.70. The molecule has 102 valence electrons. The fraction of sp³-hybridized carbons (Fsp3) is 0.133. The summed E-state index contributed by atoms with van der Waals surface area (Å²) in [5.41, 5.74) is 2.15. The van der Waals surface area contributed by atoms with Crippen LogP contribution in [-0.2, 0) is 11.3 Å². The Morgan fingerprint density at radius 2 is 1.90 bits per heavy atom. The van der Waals surface area contributed by atoms with Crippen LogP contribution in [-0.4, -0.2) is 5.91 Å². The van der Waals surface area contributed by atoms with Gasteiger partial charge >= 0.3 is 0 Å². The summed E-state index contributed by atoms with van der Waals surface area (Å²) < 4.78 is 1.79. The van der Waals surface area contributed by atoms with E-state index in [1.54, 1.807) is 28.8 Å². The molecule has 2 rings (SSSR count). The number of nitrogens with zero attached hydrogens (tertiary/aromatic N) is 2. The fourth-order valence-electron chi connectivity index (χ4n) is 1.68. The molecular weight excluding hydrogens is 274 g/mol. The predicted molar refractivity (Wildman–Crippen MR) is 71.2 cm³/mol. The lowest BCUT2D eigenvalue weighted by Crippen LogP contribution is -3.00. The average molecular weight is 288 g/mol. The number of pyridine rings is 1. The van der Waals surface area contributed by atoms with Crippen molar-refractivity contribution < 1.29 is 21.8 Å². The number of rotatable bonds is 3. The van der Waals surface area contributed by atoms with Gasteiger partial charge < -0.3 is 17.7 Å². The van der Waals surface area contributed by atoms with Crippen molar-refractivity contribution in [3.63, 3.8) is 0 Å². The molecule has 0 saturated carbocycles. The number of aryl methyl sites for hydroxylation is 1. The molecule has 1 aromatic heterocycles. The Bertz CT molecular complexity index is 632. The molecule has 20 heavy (non-hydrogen) atoms. The largest absolute Gasteiger partial charge is 1.00 e. The first-order valence-corrected chi connectivity index (χ1v) is 5.94. The van der Waals surface area contributed by atoms with Crippen molar-refractivity contribution in [3.05, 3.63) is 59.9 Å². The van der Waals surface area contributed by atoms with E-state index in [1.165, 1.54) is 0 Å². The number of hydrogen-bond acceptors (Lipinski definition) is 2. The summed E-state index contributed by atoms with van der Waals surface area (Å²) in [6, 6.07) is 12.9. The second kappa shape index (κ2) is 7.27. The van der Waals surface area contributed by atoms with E-state index in [0.717, 1.165) is 5.56 Å². The van der Waals surface area contributed by atoms with Gasteiger partial charge in [-0.05, 0) is 24.6 Å². The van der Waals surface area contributed by atoms with Crippen molar-refractivity contribution in [2.45, 2.75) is 13.5 Å². The number of amides is 1. The molecule has 5 heteroatoms. The number of para-hydroxylation sites is 1. The van der Waals surface area contributed by atoms with Crippen LogP contribution >= 0.6 is 0 Å². The lowest BCUT2D eigenvalue weighted by molar-refractivity contribution is -0.684. The zero-order chi connectivity index (χ0) is 13.7. The van der Waals surface area contributed by atoms with Crippen LogP contribution in [0.2, 0.25) is 0 Å². The van der Waals surface area contributed by atoms with Gasteiger partial charge in [0.15, 0.2) is 12.4 Å². The van der Waals surface area contributed by atoms with Crippen molar-refractivity contribution >= 4 is 11.6 Å². The van der Waals surface area contributed by atoms with E-state index >= 15 is 0 Å². The van der Waals surface area contributed by atoms with E-state index in [0.29, 0.717) is 11.3 Å². The number of nitriles is 1. The first-order chi connectivity index (χ1) is 9.19. The van der Waals surface area contributed by atoms with E-state index < -0.39 is 0 Å². The van der Waals surface area contributed by atoms with Crippen molar-refractivity contribution in [3.8, 4) is 6.07 Å². The van der Waals surface area contributed by atoms with Gasteiger partial charge in [0.25, 0.3) is 5.91 Å². The summed E-state index contributed by atoms with van der Waals surface area (Å²) in [7, 11) is 0. The molecule has 4 nitrogen and oxygen atoms in total. The van der Waals surface area contributed by atoms with Gasteiger partial charge in [0.05, 0.1) is 11.3 Å². The number of carbonyl (C=O) groups is 1. The molecule has 1 aromatic carbocycles. The molecule has 1 amide bonds. The van der Waals surface area contributed by atoms with E-state index in [4.69, 9.17) is 5.26 Å². The second-order valence-corrected chi connectivity index (χ2v) is 4.25. The van der Waals surface area contributed by atoms with E-state index in [1.807, 2.05) is 31.5 Å². The molecule has 0 aliphatic heterocycles. The quantitative estimate of drug-likeness (QED) is 0.721. The molecule has 0 atom stereocenters. The number of carbonyl (C=O) groups excluding carboxylic acids is 1. The first-order valence-electron chi connectivity index (χ1n) is 5.94. The summed E-state index contributed by atoms with van der Waals surface area (Å²) in [4.78, 5) is 11.9. The Morgan fingerprint density at radius 1 is 1.25 bits per heavy atom. The van der Waals surface area contributed by atoms with E-state index in [-0.39, 0.29) is 24.9 Å². The van der Waals surface area contributed by atoms with Crippen LogP contribution in [0.25, 0.3) is 0 Å². The van der Waals surface area contributed by atoms with Crippen molar-refractivity contribution in [1.82, 2.24) is 0 Å². The molecule has 0 aliphatic rings. The zero-order valence-electron chi connectivity index (χ0n) is 11.0. The third kappa shape index (κ3) is 4.08. The molecule has 1 heterocycles. The topological polar surface area (TPSA) is 56.8 Å². The van der Waals surface area contributed by atoms with E-state index in [2.05, 4.69) is 11.4 Å². The molecule has 0 spiro atoms. The van der Waals surface area contributed by atoms with Crippen LogP contribution in [0.3, 0.4) is 0 Å². The van der Waals surface area contributed by atoms with Crippen molar-refractivity contribution in [2.24, 2.45) is 0 Å². The Balaban J connectivity index is 0.00000200. The Kier molecular flexibility index (Phi) is 5.70. The van der Waals surface area contributed by atoms with Crippen molar-refractivity contribution in [1.29, 1.82) is 5.26 Å². The molecule has 0 aliphatic carbocycles. The van der Waals surface area contributed by atoms with Gasteiger partial charge in [-0.3, -0.25) is 4.79 Å². The van der Waals surface area contributed by atoms with Gasteiger partial charge in [-0.15, -0.1) is 0 Å². The number of halogens is 1. The molecular formula is C15H14ClN3O. The standard InChI is InChI=1S/C15H13N3O.ClH/c1-12-6-8-18(9-7-12)11-15(19)17-14-5-3-2-4-13(14)10-16;/h2-9H,11H2,1H3;1H. The van der Waals surface area contributed by atoms with Gasteiger partial charge in [-0.2, -0.15) is 9.83 Å². The molecule has 0 unspecified atom stereocenters. The molecule has 0 fully saturated rings. The van der Waals surface area contributed by atoms with Crippen LogP contribution in [0, 0.1) is 18.3 Å². The highest BCUT2D eigenvalue weighted by Gasteiger charge is 2.11. The zero-order valence-corrected chi connectivity index (χ0v) is 11.8. The summed E-state index contributed by atoms with van der Waals surface area (Å²) in [5, 5.41) is 11.7. The number of benzene rings is 1. The Hall–Kier alpha value is -2.38. The lowest BCUT2D eigenvalue weighted by Gasteiger charge is -2.04. The van der Waals surface area contributed by atoms with Gasteiger partial charge in [-0.25, -0.2) is 0 Å². The smallest absolute Gasteiger partial charge is 0.290 e. The minimum absolute atomic E-state index is 0. The normalized spacial score (nSPS) is 9.20. The Labute approximate surface area is 124 Å². The number of anilines is 1. The Morgan fingerprint density at radius 3 is 2.55 bits per heavy atom. The molecule has 0 saturated heterocycles. The summed E-state index contributed by atoms with van der Waals surface area (Å²) in [6.45, 7) is 2.22. The highest BCUT2D eigenvalue weighted by atomic mass is 35.5. The predicted octanol–water partition coefficient (Wildman–Crippen LogP) is -1.20. The van der Waals surface area contributed by atoms with Gasteiger partial charge in [-0.1, -0.05) is 12.1 Å². The van der Waals surface area contributed by atoms with Crippen LogP contribution < -0.4 is 22.3 Å². The minimum Gasteiger partial charge on any atom is -1.00 e. The van der Waals surface area contributed by atoms with E-state index in [9.17, 15) is 4.79 Å². The average Bonchev–Trinajstić information content (AvgIpc) is 2.42. The van der Waals surface area contributed by atoms with Crippen LogP contribution in [0.4, 0.5) is 5.69 Å². The third-order valence-electron chi connectivity index (χ3n) is 2.71. The molecule has 2 aromatic rings. The number of nitrogens with one attached hydrogen (secondary N) is 1. The lowest BCUT2D eigenvalue weighted by atomic mass is 10.2. The maximum Gasteiger partial charge on any atom is 0.290 e. The maximum atomic E-state index is 11.9. The van der Waals surface area contributed by atoms with Crippen LogP contribution in [0.15, 0.2) is 48.8 Å². The van der Waals surface area contributed by atoms with Gasteiger partial charge in [0.2, 0.25) is 6.54 Å². The summed E-state index contributed by atoms with van der Waals surface area (Å²) >= 11 is 0. The van der Waals surface area contributed by atoms with Crippen LogP contribution in [0.5, 0.6) is 0 Å². The highest BCUT2D eigenvalue weighted by molar-refractivity contribution is 5.91. The molecule has 1 N–H and O–H groups in total. The maximum absolute atomic E-state index is 11.9. The first kappa shape index (κ1) is 15.7. The molecule has 0 bridgehead atoms.